The Kier molecular flexibility index (Phi) is 2.99. The number of benzene rings is 1. The third-order valence-corrected chi connectivity index (χ3v) is 2.47. The van der Waals surface area contributed by atoms with E-state index in [9.17, 15) is 4.79 Å². The standard InChI is InChI=1S/C11H14N2O2/c12-11(14)9-3-1-2-8(6-9)10-7-13-4-5-15-10/h1-3,6,10,13H,4-5,7H2,(H2,12,14)/t10-/m0/s1. The highest BCUT2D eigenvalue weighted by Crippen LogP contribution is 2.19. The van der Waals surface area contributed by atoms with Gasteiger partial charge in [-0.15, -0.1) is 0 Å². The second kappa shape index (κ2) is 4.42. The van der Waals surface area contributed by atoms with E-state index in [4.69, 9.17) is 10.5 Å². The molecule has 0 aromatic heterocycles. The maximum atomic E-state index is 11.0. The smallest absolute Gasteiger partial charge is 0.248 e. The summed E-state index contributed by atoms with van der Waals surface area (Å²) in [5.41, 5.74) is 6.74. The molecule has 2 rings (SSSR count). The second-order valence-corrected chi connectivity index (χ2v) is 3.55. The predicted molar refractivity (Wildman–Crippen MR) is 56.5 cm³/mol. The van der Waals surface area contributed by atoms with Gasteiger partial charge in [0.25, 0.3) is 0 Å². The molecule has 1 amide bonds. The van der Waals surface area contributed by atoms with Gasteiger partial charge >= 0.3 is 0 Å². The molecule has 15 heavy (non-hydrogen) atoms. The average molecular weight is 206 g/mol. The number of primary amides is 1. The molecule has 1 aromatic rings. The van der Waals surface area contributed by atoms with Crippen LogP contribution in [0.15, 0.2) is 24.3 Å². The van der Waals surface area contributed by atoms with Gasteiger partial charge in [0.15, 0.2) is 0 Å². The molecule has 4 nitrogen and oxygen atoms in total. The first kappa shape index (κ1) is 10.1. The number of hydrogen-bond acceptors (Lipinski definition) is 3. The van der Waals surface area contributed by atoms with Crippen LogP contribution in [0.2, 0.25) is 0 Å². The number of amides is 1. The first-order chi connectivity index (χ1) is 7.27. The van der Waals surface area contributed by atoms with Gasteiger partial charge in [0.2, 0.25) is 5.91 Å². The minimum atomic E-state index is -0.402. The lowest BCUT2D eigenvalue weighted by atomic mass is 10.0. The van der Waals surface area contributed by atoms with Gasteiger partial charge in [0, 0.05) is 18.7 Å². The molecule has 1 aromatic carbocycles. The molecule has 1 aliphatic heterocycles. The molecule has 0 bridgehead atoms. The maximum absolute atomic E-state index is 11.0. The van der Waals surface area contributed by atoms with Crippen LogP contribution in [-0.4, -0.2) is 25.6 Å². The van der Waals surface area contributed by atoms with E-state index < -0.39 is 5.91 Å². The van der Waals surface area contributed by atoms with Crippen molar-refractivity contribution in [3.63, 3.8) is 0 Å². The first-order valence-electron chi connectivity index (χ1n) is 4.99. The largest absolute Gasteiger partial charge is 0.371 e. The first-order valence-corrected chi connectivity index (χ1v) is 4.99. The minimum Gasteiger partial charge on any atom is -0.371 e. The average Bonchev–Trinajstić information content (AvgIpc) is 2.30. The summed E-state index contributed by atoms with van der Waals surface area (Å²) in [6.45, 7) is 2.36. The lowest BCUT2D eigenvalue weighted by Crippen LogP contribution is -2.33. The van der Waals surface area contributed by atoms with Crippen molar-refractivity contribution < 1.29 is 9.53 Å². The van der Waals surface area contributed by atoms with Crippen LogP contribution in [0.1, 0.15) is 22.0 Å². The highest BCUT2D eigenvalue weighted by Gasteiger charge is 2.16. The van der Waals surface area contributed by atoms with Gasteiger partial charge in [-0.25, -0.2) is 0 Å². The number of carbonyl (C=O) groups excluding carboxylic acids is 1. The highest BCUT2D eigenvalue weighted by molar-refractivity contribution is 5.92. The Balaban J connectivity index is 2.19. The molecule has 1 heterocycles. The number of nitrogens with one attached hydrogen (secondary N) is 1. The van der Waals surface area contributed by atoms with E-state index in [1.54, 1.807) is 12.1 Å². The van der Waals surface area contributed by atoms with E-state index in [0.717, 1.165) is 18.7 Å². The van der Waals surface area contributed by atoms with Gasteiger partial charge in [0.05, 0.1) is 12.7 Å². The zero-order valence-electron chi connectivity index (χ0n) is 8.40. The van der Waals surface area contributed by atoms with E-state index >= 15 is 0 Å². The van der Waals surface area contributed by atoms with Crippen LogP contribution in [0.25, 0.3) is 0 Å². The Labute approximate surface area is 88.4 Å². The predicted octanol–water partition coefficient (Wildman–Crippen LogP) is 0.446. The Hall–Kier alpha value is -1.39. The van der Waals surface area contributed by atoms with Crippen molar-refractivity contribution in [3.05, 3.63) is 35.4 Å². The summed E-state index contributed by atoms with van der Waals surface area (Å²) in [7, 11) is 0. The fraction of sp³-hybridized carbons (Fsp3) is 0.364. The van der Waals surface area contributed by atoms with Gasteiger partial charge in [0.1, 0.15) is 0 Å². The Morgan fingerprint density at radius 2 is 2.40 bits per heavy atom. The van der Waals surface area contributed by atoms with E-state index in [-0.39, 0.29) is 6.10 Å². The summed E-state index contributed by atoms with van der Waals surface area (Å²) >= 11 is 0. The highest BCUT2D eigenvalue weighted by atomic mass is 16.5. The van der Waals surface area contributed by atoms with Gasteiger partial charge in [-0.05, 0) is 17.7 Å². The molecular formula is C11H14N2O2. The molecule has 80 valence electrons. The molecule has 0 aliphatic carbocycles. The van der Waals surface area contributed by atoms with Gasteiger partial charge in [-0.3, -0.25) is 4.79 Å². The van der Waals surface area contributed by atoms with Crippen molar-refractivity contribution in [1.29, 1.82) is 0 Å². The zero-order chi connectivity index (χ0) is 10.7. The number of nitrogens with two attached hydrogens (primary N) is 1. The van der Waals surface area contributed by atoms with Crippen molar-refractivity contribution in [3.8, 4) is 0 Å². The normalized spacial score (nSPS) is 21.2. The third-order valence-electron chi connectivity index (χ3n) is 2.47. The van der Waals surface area contributed by atoms with Gasteiger partial charge < -0.3 is 15.8 Å². The van der Waals surface area contributed by atoms with Crippen LogP contribution in [0.3, 0.4) is 0 Å². The van der Waals surface area contributed by atoms with Crippen molar-refractivity contribution in [2.24, 2.45) is 5.73 Å². The fourth-order valence-corrected chi connectivity index (χ4v) is 1.67. The van der Waals surface area contributed by atoms with E-state index in [1.165, 1.54) is 0 Å². The number of rotatable bonds is 2. The van der Waals surface area contributed by atoms with Crippen LogP contribution in [0.5, 0.6) is 0 Å². The zero-order valence-corrected chi connectivity index (χ0v) is 8.40. The second-order valence-electron chi connectivity index (χ2n) is 3.55. The lowest BCUT2D eigenvalue weighted by Gasteiger charge is -2.24. The van der Waals surface area contributed by atoms with Gasteiger partial charge in [-0.1, -0.05) is 12.1 Å². The Bertz CT molecular complexity index is 359. The third kappa shape index (κ3) is 2.34. The molecule has 1 fully saturated rings. The van der Waals surface area contributed by atoms with Crippen LogP contribution >= 0.6 is 0 Å². The molecule has 1 atom stereocenters. The molecule has 3 N–H and O–H groups in total. The summed E-state index contributed by atoms with van der Waals surface area (Å²) in [6.07, 6.45) is 0.0260. The molecule has 0 saturated carbocycles. The van der Waals surface area contributed by atoms with Crippen LogP contribution in [0, 0.1) is 0 Å². The summed E-state index contributed by atoms with van der Waals surface area (Å²) in [6, 6.07) is 7.28. The SMILES string of the molecule is NC(=O)c1cccc([C@@H]2CNCCO2)c1. The Morgan fingerprint density at radius 3 is 3.07 bits per heavy atom. The molecule has 0 radical (unpaired) electrons. The Morgan fingerprint density at radius 1 is 1.53 bits per heavy atom. The lowest BCUT2D eigenvalue weighted by molar-refractivity contribution is 0.0277. The number of hydrogen-bond donors (Lipinski definition) is 2. The summed E-state index contributed by atoms with van der Waals surface area (Å²) in [5, 5.41) is 3.24. The molecule has 4 heteroatoms. The molecule has 1 aliphatic rings. The fourth-order valence-electron chi connectivity index (χ4n) is 1.67. The molecule has 0 unspecified atom stereocenters. The topological polar surface area (TPSA) is 64.4 Å². The van der Waals surface area contributed by atoms with E-state index in [1.807, 2.05) is 12.1 Å². The van der Waals surface area contributed by atoms with Crippen LogP contribution in [-0.2, 0) is 4.74 Å². The monoisotopic (exact) mass is 206 g/mol. The van der Waals surface area contributed by atoms with Crippen molar-refractivity contribution >= 4 is 5.91 Å². The van der Waals surface area contributed by atoms with Gasteiger partial charge in [-0.2, -0.15) is 0 Å². The number of morpholine rings is 1. The van der Waals surface area contributed by atoms with Crippen LogP contribution < -0.4 is 11.1 Å². The minimum absolute atomic E-state index is 0.0260. The quantitative estimate of drug-likeness (QED) is 0.738. The molecule has 1 saturated heterocycles. The van der Waals surface area contributed by atoms with E-state index in [0.29, 0.717) is 12.2 Å². The number of carbonyl (C=O) groups is 1. The maximum Gasteiger partial charge on any atom is 0.248 e. The summed E-state index contributed by atoms with van der Waals surface area (Å²) < 4.78 is 5.58. The summed E-state index contributed by atoms with van der Waals surface area (Å²) in [5.74, 6) is -0.402. The van der Waals surface area contributed by atoms with E-state index in [2.05, 4.69) is 5.32 Å². The van der Waals surface area contributed by atoms with Crippen molar-refractivity contribution in [2.75, 3.05) is 19.7 Å². The van der Waals surface area contributed by atoms with Crippen LogP contribution in [0.4, 0.5) is 0 Å². The molecule has 0 spiro atoms. The van der Waals surface area contributed by atoms with Crippen molar-refractivity contribution in [2.45, 2.75) is 6.10 Å². The molecular weight excluding hydrogens is 192 g/mol. The number of ether oxygens (including phenoxy) is 1. The van der Waals surface area contributed by atoms with Crippen molar-refractivity contribution in [1.82, 2.24) is 5.32 Å². The summed E-state index contributed by atoms with van der Waals surface area (Å²) in [4.78, 5) is 11.0.